The van der Waals surface area contributed by atoms with Crippen molar-refractivity contribution in [1.82, 2.24) is 0 Å². The molecule has 0 N–H and O–H groups in total. The molecule has 1 aromatic rings. The third-order valence-corrected chi connectivity index (χ3v) is 8.41. The standard InChI is InChI=1S/C14H19ClSi/c1-4-16(5-2,6-3)12-11-13-9-7-8-10-14(13)15/h7-10H,4-6H2,1-3H3. The van der Waals surface area contributed by atoms with Crippen LogP contribution in [0.3, 0.4) is 0 Å². The first-order valence-electron chi connectivity index (χ1n) is 5.95. The summed E-state index contributed by atoms with van der Waals surface area (Å²) in [6, 6.07) is 11.5. The Labute approximate surface area is 105 Å². The Morgan fingerprint density at radius 1 is 1.06 bits per heavy atom. The van der Waals surface area contributed by atoms with E-state index in [1.807, 2.05) is 24.3 Å². The van der Waals surface area contributed by atoms with Crippen molar-refractivity contribution < 1.29 is 0 Å². The molecule has 0 nitrogen and oxygen atoms in total. The molecule has 0 heterocycles. The molecule has 0 bridgehead atoms. The Morgan fingerprint density at radius 2 is 1.62 bits per heavy atom. The van der Waals surface area contributed by atoms with E-state index in [9.17, 15) is 0 Å². The van der Waals surface area contributed by atoms with Crippen molar-refractivity contribution in [3.05, 3.63) is 34.9 Å². The van der Waals surface area contributed by atoms with Crippen LogP contribution in [0.15, 0.2) is 24.3 Å². The van der Waals surface area contributed by atoms with E-state index in [4.69, 9.17) is 11.6 Å². The summed E-state index contributed by atoms with van der Waals surface area (Å²) in [6.45, 7) is 6.79. The van der Waals surface area contributed by atoms with Gasteiger partial charge in [0.15, 0.2) is 0 Å². The molecule has 0 fully saturated rings. The highest BCUT2D eigenvalue weighted by atomic mass is 35.5. The number of halogens is 1. The number of rotatable bonds is 3. The monoisotopic (exact) mass is 250 g/mol. The first-order valence-corrected chi connectivity index (χ1v) is 8.95. The van der Waals surface area contributed by atoms with Gasteiger partial charge in [-0.2, -0.15) is 0 Å². The summed E-state index contributed by atoms with van der Waals surface area (Å²) in [5.74, 6) is 3.29. The molecule has 0 amide bonds. The van der Waals surface area contributed by atoms with Gasteiger partial charge >= 0.3 is 0 Å². The van der Waals surface area contributed by atoms with Crippen molar-refractivity contribution in [2.75, 3.05) is 0 Å². The lowest BCUT2D eigenvalue weighted by Gasteiger charge is -2.20. The van der Waals surface area contributed by atoms with Gasteiger partial charge in [0, 0.05) is 5.56 Å². The summed E-state index contributed by atoms with van der Waals surface area (Å²) in [7, 11) is -1.34. The van der Waals surface area contributed by atoms with E-state index < -0.39 is 8.07 Å². The van der Waals surface area contributed by atoms with E-state index in [-0.39, 0.29) is 0 Å². The average molecular weight is 251 g/mol. The van der Waals surface area contributed by atoms with Crippen LogP contribution in [0.2, 0.25) is 23.2 Å². The Bertz CT molecular complexity index is 388. The van der Waals surface area contributed by atoms with Gasteiger partial charge in [-0.3, -0.25) is 0 Å². The smallest absolute Gasteiger partial charge is 0.126 e. The van der Waals surface area contributed by atoms with Crippen molar-refractivity contribution in [2.24, 2.45) is 0 Å². The van der Waals surface area contributed by atoms with Crippen molar-refractivity contribution in [1.29, 1.82) is 0 Å². The molecule has 2 heteroatoms. The van der Waals surface area contributed by atoms with Crippen molar-refractivity contribution >= 4 is 19.7 Å². The molecule has 1 rings (SSSR count). The van der Waals surface area contributed by atoms with E-state index in [2.05, 4.69) is 32.2 Å². The number of hydrogen-bond donors (Lipinski definition) is 0. The lowest BCUT2D eigenvalue weighted by Crippen LogP contribution is -2.29. The summed E-state index contributed by atoms with van der Waals surface area (Å²) in [6.07, 6.45) is 0. The summed E-state index contributed by atoms with van der Waals surface area (Å²) >= 11 is 6.10. The molecule has 86 valence electrons. The number of hydrogen-bond acceptors (Lipinski definition) is 0. The van der Waals surface area contributed by atoms with E-state index in [1.165, 1.54) is 18.1 Å². The van der Waals surface area contributed by atoms with Crippen LogP contribution in [0.1, 0.15) is 26.3 Å². The first kappa shape index (κ1) is 13.4. The molecule has 16 heavy (non-hydrogen) atoms. The zero-order valence-electron chi connectivity index (χ0n) is 10.3. The number of benzene rings is 1. The molecule has 0 saturated heterocycles. The van der Waals surface area contributed by atoms with Gasteiger partial charge < -0.3 is 0 Å². The molecular weight excluding hydrogens is 232 g/mol. The predicted molar refractivity (Wildman–Crippen MR) is 75.5 cm³/mol. The van der Waals surface area contributed by atoms with E-state index >= 15 is 0 Å². The van der Waals surface area contributed by atoms with E-state index in [0.29, 0.717) is 0 Å². The fourth-order valence-electron chi connectivity index (χ4n) is 1.78. The van der Waals surface area contributed by atoms with Gasteiger partial charge in [-0.15, -0.1) is 5.54 Å². The van der Waals surface area contributed by atoms with Crippen molar-refractivity contribution in [3.63, 3.8) is 0 Å². The quantitative estimate of drug-likeness (QED) is 0.537. The molecule has 0 aliphatic carbocycles. The Hall–Kier alpha value is -0.713. The lowest BCUT2D eigenvalue weighted by molar-refractivity contribution is 1.20. The summed E-state index contributed by atoms with van der Waals surface area (Å²) < 4.78 is 0. The van der Waals surface area contributed by atoms with E-state index in [1.54, 1.807) is 0 Å². The predicted octanol–water partition coefficient (Wildman–Crippen LogP) is 4.74. The Morgan fingerprint density at radius 3 is 2.12 bits per heavy atom. The molecular formula is C14H19ClSi. The van der Waals surface area contributed by atoms with Crippen LogP contribution in [0, 0.1) is 11.5 Å². The van der Waals surface area contributed by atoms with Crippen LogP contribution in [0.5, 0.6) is 0 Å². The lowest BCUT2D eigenvalue weighted by atomic mass is 10.2. The van der Waals surface area contributed by atoms with Gasteiger partial charge in [0.2, 0.25) is 0 Å². The second kappa shape index (κ2) is 6.13. The maximum Gasteiger partial charge on any atom is 0.138 e. The van der Waals surface area contributed by atoms with Crippen LogP contribution >= 0.6 is 11.6 Å². The van der Waals surface area contributed by atoms with Crippen LogP contribution in [0.4, 0.5) is 0 Å². The fourth-order valence-corrected chi connectivity index (χ4v) is 4.39. The highest BCUT2D eigenvalue weighted by Crippen LogP contribution is 2.20. The SMILES string of the molecule is CC[Si](C#Cc1ccccc1Cl)(CC)CC. The molecule has 0 unspecified atom stereocenters. The van der Waals surface area contributed by atoms with Crippen LogP contribution < -0.4 is 0 Å². The minimum Gasteiger partial charge on any atom is -0.126 e. The summed E-state index contributed by atoms with van der Waals surface area (Å²) in [5.41, 5.74) is 4.51. The zero-order valence-corrected chi connectivity index (χ0v) is 12.1. The van der Waals surface area contributed by atoms with Gasteiger partial charge in [-0.1, -0.05) is 50.4 Å². The first-order chi connectivity index (χ1) is 7.67. The minimum atomic E-state index is -1.34. The second-order valence-electron chi connectivity index (χ2n) is 4.07. The zero-order chi connectivity index (χ0) is 12.0. The molecule has 0 saturated carbocycles. The minimum absolute atomic E-state index is 0.765. The van der Waals surface area contributed by atoms with Gasteiger partial charge in [-0.05, 0) is 30.3 Å². The molecule has 0 radical (unpaired) electrons. The fraction of sp³-hybridized carbons (Fsp3) is 0.429. The van der Waals surface area contributed by atoms with Gasteiger partial charge in [0.25, 0.3) is 0 Å². The van der Waals surface area contributed by atoms with Gasteiger partial charge in [0.1, 0.15) is 8.07 Å². The van der Waals surface area contributed by atoms with E-state index in [0.717, 1.165) is 10.6 Å². The maximum atomic E-state index is 6.10. The second-order valence-corrected chi connectivity index (χ2v) is 9.41. The highest BCUT2D eigenvalue weighted by molar-refractivity contribution is 6.87. The normalized spacial score (nSPS) is 10.8. The third kappa shape index (κ3) is 3.14. The van der Waals surface area contributed by atoms with Crippen LogP contribution in [0.25, 0.3) is 0 Å². The molecule has 0 atom stereocenters. The van der Waals surface area contributed by atoms with Crippen molar-refractivity contribution in [2.45, 2.75) is 38.9 Å². The maximum absolute atomic E-state index is 6.10. The van der Waals surface area contributed by atoms with Gasteiger partial charge in [-0.25, -0.2) is 0 Å². The largest absolute Gasteiger partial charge is 0.138 e. The molecule has 0 spiro atoms. The molecule has 0 aliphatic rings. The molecule has 0 aliphatic heterocycles. The van der Waals surface area contributed by atoms with Gasteiger partial charge in [0.05, 0.1) is 5.02 Å². The topological polar surface area (TPSA) is 0 Å². The average Bonchev–Trinajstić information content (AvgIpc) is 2.34. The third-order valence-electron chi connectivity index (χ3n) is 3.37. The summed E-state index contributed by atoms with van der Waals surface area (Å²) in [4.78, 5) is 0. The van der Waals surface area contributed by atoms with Crippen LogP contribution in [-0.2, 0) is 0 Å². The van der Waals surface area contributed by atoms with Crippen LogP contribution in [-0.4, -0.2) is 8.07 Å². The van der Waals surface area contributed by atoms with Crippen molar-refractivity contribution in [3.8, 4) is 11.5 Å². The Balaban J connectivity index is 3.00. The summed E-state index contributed by atoms with van der Waals surface area (Å²) in [5, 5.41) is 0.765. The highest BCUT2D eigenvalue weighted by Gasteiger charge is 2.24. The molecule has 1 aromatic carbocycles. The Kier molecular flexibility index (Phi) is 5.11. The molecule has 0 aromatic heterocycles.